The average molecular weight is 440 g/mol. The van der Waals surface area contributed by atoms with Crippen LogP contribution in [0.25, 0.3) is 0 Å². The van der Waals surface area contributed by atoms with Gasteiger partial charge >= 0.3 is 5.97 Å². The first-order chi connectivity index (χ1) is 12.5. The minimum absolute atomic E-state index is 0.0273. The van der Waals surface area contributed by atoms with Gasteiger partial charge in [0.1, 0.15) is 4.21 Å². The summed E-state index contributed by atoms with van der Waals surface area (Å²) in [6.45, 7) is 0.193. The Balaban J connectivity index is 2.01. The van der Waals surface area contributed by atoms with Crippen LogP contribution in [0.4, 0.5) is 0 Å². The molecule has 152 valence electrons. The van der Waals surface area contributed by atoms with Gasteiger partial charge in [-0.2, -0.15) is 8.61 Å². The Labute approximate surface area is 162 Å². The van der Waals surface area contributed by atoms with Crippen LogP contribution < -0.4 is 0 Å². The van der Waals surface area contributed by atoms with Crippen LogP contribution in [-0.4, -0.2) is 95.4 Å². The maximum Gasteiger partial charge on any atom is 0.338 e. The molecular formula is C14H21N3O7S3. The summed E-state index contributed by atoms with van der Waals surface area (Å²) >= 11 is 0.928. The Morgan fingerprint density at radius 2 is 1.78 bits per heavy atom. The topological polar surface area (TPSA) is 121 Å². The molecule has 1 aliphatic heterocycles. The Hall–Kier alpha value is -1.54. The maximum absolute atomic E-state index is 12.7. The third-order valence-electron chi connectivity index (χ3n) is 4.11. The first kappa shape index (κ1) is 21.8. The van der Waals surface area contributed by atoms with Gasteiger partial charge in [-0.05, 0) is 6.07 Å². The fourth-order valence-electron chi connectivity index (χ4n) is 2.39. The van der Waals surface area contributed by atoms with E-state index in [2.05, 4.69) is 4.74 Å². The molecule has 0 bridgehead atoms. The zero-order valence-electron chi connectivity index (χ0n) is 15.1. The average Bonchev–Trinajstić information content (AvgIpc) is 3.11. The second-order valence-corrected chi connectivity index (χ2v) is 11.1. The molecule has 0 radical (unpaired) electrons. The smallest absolute Gasteiger partial charge is 0.338 e. The molecule has 1 amide bonds. The predicted octanol–water partition coefficient (Wildman–Crippen LogP) is -0.741. The molecule has 1 aliphatic rings. The van der Waals surface area contributed by atoms with Crippen molar-refractivity contribution in [3.8, 4) is 0 Å². The van der Waals surface area contributed by atoms with E-state index in [4.69, 9.17) is 0 Å². The molecule has 0 aromatic carbocycles. The number of carbonyl (C=O) groups excluding carboxylic acids is 2. The minimum Gasteiger partial charge on any atom is -0.465 e. The summed E-state index contributed by atoms with van der Waals surface area (Å²) in [7, 11) is -4.73. The fourth-order valence-corrected chi connectivity index (χ4v) is 5.46. The number of rotatable bonds is 6. The van der Waals surface area contributed by atoms with Gasteiger partial charge in [0.05, 0.1) is 25.5 Å². The van der Waals surface area contributed by atoms with Crippen LogP contribution in [0.2, 0.25) is 0 Å². The molecule has 1 aromatic heterocycles. The third kappa shape index (κ3) is 5.04. The molecule has 0 unspecified atom stereocenters. The van der Waals surface area contributed by atoms with Crippen molar-refractivity contribution in [3.05, 3.63) is 17.0 Å². The Morgan fingerprint density at radius 3 is 2.30 bits per heavy atom. The zero-order valence-corrected chi connectivity index (χ0v) is 17.6. The highest BCUT2D eigenvalue weighted by molar-refractivity contribution is 7.91. The van der Waals surface area contributed by atoms with Crippen molar-refractivity contribution in [2.24, 2.45) is 0 Å². The number of methoxy groups -OCH3 is 1. The van der Waals surface area contributed by atoms with Crippen LogP contribution in [0.3, 0.4) is 0 Å². The lowest BCUT2D eigenvalue weighted by Crippen LogP contribution is -2.52. The number of hydrogen-bond acceptors (Lipinski definition) is 8. The molecule has 10 nitrogen and oxygen atoms in total. The summed E-state index contributed by atoms with van der Waals surface area (Å²) in [5.74, 6) is -0.998. The van der Waals surface area contributed by atoms with E-state index in [-0.39, 0.29) is 48.4 Å². The normalized spacial score (nSPS) is 16.5. The molecule has 0 saturated carbocycles. The van der Waals surface area contributed by atoms with Gasteiger partial charge in [0.25, 0.3) is 10.0 Å². The fraction of sp³-hybridized carbons (Fsp3) is 0.571. The van der Waals surface area contributed by atoms with Gasteiger partial charge in [0.15, 0.2) is 0 Å². The summed E-state index contributed by atoms with van der Waals surface area (Å²) in [4.78, 5) is 25.1. The van der Waals surface area contributed by atoms with Gasteiger partial charge in [-0.3, -0.25) is 4.79 Å². The Morgan fingerprint density at radius 1 is 1.19 bits per heavy atom. The molecule has 0 atom stereocenters. The predicted molar refractivity (Wildman–Crippen MR) is 98.5 cm³/mol. The second kappa shape index (κ2) is 8.22. The van der Waals surface area contributed by atoms with Gasteiger partial charge < -0.3 is 9.64 Å². The minimum atomic E-state index is -3.78. The van der Waals surface area contributed by atoms with Crippen molar-refractivity contribution in [2.75, 3.05) is 53.1 Å². The molecule has 0 spiro atoms. The van der Waals surface area contributed by atoms with E-state index in [1.807, 2.05) is 0 Å². The molecule has 2 heterocycles. The van der Waals surface area contributed by atoms with Crippen LogP contribution in [0.15, 0.2) is 15.7 Å². The van der Waals surface area contributed by atoms with Crippen molar-refractivity contribution >= 4 is 43.3 Å². The molecule has 27 heavy (non-hydrogen) atoms. The van der Waals surface area contributed by atoms with E-state index in [1.165, 1.54) is 34.8 Å². The van der Waals surface area contributed by atoms with E-state index in [1.54, 1.807) is 0 Å². The highest BCUT2D eigenvalue weighted by atomic mass is 32.2. The van der Waals surface area contributed by atoms with Gasteiger partial charge in [0, 0.05) is 38.6 Å². The van der Waals surface area contributed by atoms with Crippen LogP contribution in [0.1, 0.15) is 10.4 Å². The first-order valence-corrected chi connectivity index (χ1v) is 12.0. The van der Waals surface area contributed by atoms with Gasteiger partial charge in [-0.15, -0.1) is 11.3 Å². The largest absolute Gasteiger partial charge is 0.465 e. The van der Waals surface area contributed by atoms with Crippen molar-refractivity contribution in [1.29, 1.82) is 0 Å². The van der Waals surface area contributed by atoms with E-state index in [0.717, 1.165) is 21.9 Å². The number of thiophene rings is 1. The zero-order chi connectivity index (χ0) is 20.4. The molecule has 0 aliphatic carbocycles. The van der Waals surface area contributed by atoms with Gasteiger partial charge in [-0.25, -0.2) is 21.6 Å². The van der Waals surface area contributed by atoms with Crippen LogP contribution in [0, 0.1) is 0 Å². The van der Waals surface area contributed by atoms with Crippen LogP contribution >= 0.6 is 11.3 Å². The number of ether oxygens (including phenoxy) is 1. The van der Waals surface area contributed by atoms with Crippen LogP contribution in [-0.2, 0) is 29.6 Å². The van der Waals surface area contributed by atoms with E-state index < -0.39 is 26.0 Å². The van der Waals surface area contributed by atoms with Crippen molar-refractivity contribution in [1.82, 2.24) is 13.5 Å². The van der Waals surface area contributed by atoms with E-state index in [9.17, 15) is 26.4 Å². The summed E-state index contributed by atoms with van der Waals surface area (Å²) in [6.07, 6.45) is 1.01. The third-order valence-corrected chi connectivity index (χ3v) is 8.68. The second-order valence-electron chi connectivity index (χ2n) is 5.95. The summed E-state index contributed by atoms with van der Waals surface area (Å²) in [6, 6.07) is 1.27. The number of esters is 1. The summed E-state index contributed by atoms with van der Waals surface area (Å²) in [5.41, 5.74) is 0.165. The van der Waals surface area contributed by atoms with Crippen molar-refractivity contribution in [2.45, 2.75) is 4.21 Å². The summed E-state index contributed by atoms with van der Waals surface area (Å²) in [5, 5.41) is 1.42. The molecule has 13 heteroatoms. The number of nitrogens with zero attached hydrogens (tertiary/aromatic N) is 3. The number of sulfonamides is 2. The lowest BCUT2D eigenvalue weighted by atomic mass is 10.3. The van der Waals surface area contributed by atoms with E-state index in [0.29, 0.717) is 0 Å². The van der Waals surface area contributed by atoms with Crippen molar-refractivity contribution in [3.63, 3.8) is 0 Å². The van der Waals surface area contributed by atoms with E-state index >= 15 is 0 Å². The number of likely N-dealkylation sites (N-methyl/N-ethyl adjacent to an activating group) is 1. The highest BCUT2D eigenvalue weighted by Crippen LogP contribution is 2.25. The molecule has 1 aromatic rings. The SMILES string of the molecule is COC(=O)c1csc(S(=O)(=O)N2CCN(C(=O)CN(C)S(C)(=O)=O)CC2)c1. The quantitative estimate of drug-likeness (QED) is 0.535. The number of carbonyl (C=O) groups is 2. The first-order valence-electron chi connectivity index (χ1n) is 7.83. The van der Waals surface area contributed by atoms with Gasteiger partial charge in [0.2, 0.25) is 15.9 Å². The lowest BCUT2D eigenvalue weighted by Gasteiger charge is -2.34. The molecule has 1 saturated heterocycles. The number of hydrogen-bond donors (Lipinski definition) is 0. The summed E-state index contributed by atoms with van der Waals surface area (Å²) < 4.78 is 55.0. The Bertz CT molecular complexity index is 916. The maximum atomic E-state index is 12.7. The van der Waals surface area contributed by atoms with Crippen molar-refractivity contribution < 1.29 is 31.2 Å². The monoisotopic (exact) mass is 439 g/mol. The molecule has 2 rings (SSSR count). The molecular weight excluding hydrogens is 418 g/mol. The molecule has 0 N–H and O–H groups in total. The number of piperazine rings is 1. The molecule has 1 fully saturated rings. The number of amides is 1. The van der Waals surface area contributed by atoms with Crippen LogP contribution in [0.5, 0.6) is 0 Å². The van der Waals surface area contributed by atoms with Gasteiger partial charge in [-0.1, -0.05) is 0 Å². The lowest BCUT2D eigenvalue weighted by molar-refractivity contribution is -0.132. The standard InChI is InChI=1S/C14H21N3O7S3/c1-15(26(3,20)21)9-12(18)16-4-6-17(7-5-16)27(22,23)13-8-11(10-25-13)14(19)24-2/h8,10H,4-7,9H2,1-3H3. The Kier molecular flexibility index (Phi) is 6.63. The highest BCUT2D eigenvalue weighted by Gasteiger charge is 2.32.